The van der Waals surface area contributed by atoms with Crippen LogP contribution in [0.1, 0.15) is 24.8 Å². The van der Waals surface area contributed by atoms with Gasteiger partial charge in [0, 0.05) is 25.7 Å². The minimum atomic E-state index is -2.97. The number of rotatable bonds is 6. The van der Waals surface area contributed by atoms with Crippen LogP contribution in [0.5, 0.6) is 5.75 Å². The van der Waals surface area contributed by atoms with Crippen molar-refractivity contribution in [1.29, 1.82) is 0 Å². The number of methoxy groups -OCH3 is 1. The first-order valence-corrected chi connectivity index (χ1v) is 11.2. The van der Waals surface area contributed by atoms with Gasteiger partial charge in [0.1, 0.15) is 5.75 Å². The summed E-state index contributed by atoms with van der Waals surface area (Å²) in [7, 11) is -1.33. The zero-order valence-electron chi connectivity index (χ0n) is 15.0. The molecule has 2 atom stereocenters. The average Bonchev–Trinajstić information content (AvgIpc) is 3.27. The summed E-state index contributed by atoms with van der Waals surface area (Å²) in [5.74, 6) is 1.22. The molecule has 6 nitrogen and oxygen atoms in total. The summed E-state index contributed by atoms with van der Waals surface area (Å²) in [6, 6.07) is 7.72. The predicted molar refractivity (Wildman–Crippen MR) is 105 cm³/mol. The molecule has 144 valence electrons. The minimum absolute atomic E-state index is 0.0694. The summed E-state index contributed by atoms with van der Waals surface area (Å²) < 4.78 is 34.7. The average molecular weight is 399 g/mol. The summed E-state index contributed by atoms with van der Waals surface area (Å²) in [5.41, 5.74) is 1.09. The molecular weight excluding hydrogens is 372 g/mol. The highest BCUT2D eigenvalue weighted by atomic mass is 32.2. The van der Waals surface area contributed by atoms with Crippen molar-refractivity contribution < 1.29 is 17.9 Å². The van der Waals surface area contributed by atoms with Crippen LogP contribution in [0.15, 0.2) is 24.3 Å². The van der Waals surface area contributed by atoms with Gasteiger partial charge in [-0.3, -0.25) is 0 Å². The van der Waals surface area contributed by atoms with Gasteiger partial charge < -0.3 is 19.7 Å². The summed E-state index contributed by atoms with van der Waals surface area (Å²) in [5, 5.41) is 3.88. The lowest BCUT2D eigenvalue weighted by molar-refractivity contribution is 0.0841. The lowest BCUT2D eigenvalue weighted by Crippen LogP contribution is -2.49. The van der Waals surface area contributed by atoms with E-state index in [4.69, 9.17) is 21.7 Å². The second-order valence-corrected chi connectivity index (χ2v) is 9.47. The van der Waals surface area contributed by atoms with Crippen LogP contribution in [-0.4, -0.2) is 62.3 Å². The van der Waals surface area contributed by atoms with Crippen LogP contribution >= 0.6 is 12.2 Å². The van der Waals surface area contributed by atoms with E-state index < -0.39 is 9.84 Å². The van der Waals surface area contributed by atoms with E-state index in [1.165, 1.54) is 0 Å². The SMILES string of the molecule is COc1ccc(CNC(=S)N(C[C@H]2CCCO2)[C@@H]2CCS(=O)(=O)C2)cc1. The molecule has 1 aromatic rings. The molecule has 1 N–H and O–H groups in total. The van der Waals surface area contributed by atoms with Crippen molar-refractivity contribution in [3.63, 3.8) is 0 Å². The van der Waals surface area contributed by atoms with Crippen molar-refractivity contribution >= 4 is 27.2 Å². The third-order valence-corrected chi connectivity index (χ3v) is 7.07. The Morgan fingerprint density at radius 1 is 1.35 bits per heavy atom. The number of hydrogen-bond donors (Lipinski definition) is 1. The van der Waals surface area contributed by atoms with Crippen LogP contribution in [0.25, 0.3) is 0 Å². The first kappa shape index (κ1) is 19.4. The largest absolute Gasteiger partial charge is 0.497 e. The lowest BCUT2D eigenvalue weighted by Gasteiger charge is -2.33. The molecule has 0 aromatic heterocycles. The molecule has 0 amide bonds. The molecule has 0 radical (unpaired) electrons. The third kappa shape index (κ3) is 5.08. The van der Waals surface area contributed by atoms with Crippen LogP contribution < -0.4 is 10.1 Å². The van der Waals surface area contributed by atoms with Gasteiger partial charge in [-0.1, -0.05) is 12.1 Å². The van der Waals surface area contributed by atoms with Crippen LogP contribution in [0, 0.1) is 0 Å². The number of nitrogens with one attached hydrogen (secondary N) is 1. The Labute approximate surface area is 160 Å². The molecule has 1 aromatic carbocycles. The minimum Gasteiger partial charge on any atom is -0.497 e. The van der Waals surface area contributed by atoms with E-state index in [1.54, 1.807) is 7.11 Å². The number of benzene rings is 1. The molecule has 3 rings (SSSR count). The highest BCUT2D eigenvalue weighted by molar-refractivity contribution is 7.91. The van der Waals surface area contributed by atoms with Crippen molar-refractivity contribution in [2.75, 3.05) is 31.8 Å². The van der Waals surface area contributed by atoms with Crippen molar-refractivity contribution in [3.8, 4) is 5.75 Å². The maximum atomic E-state index is 11.9. The van der Waals surface area contributed by atoms with Crippen molar-refractivity contribution in [3.05, 3.63) is 29.8 Å². The molecule has 0 saturated carbocycles. The monoisotopic (exact) mass is 398 g/mol. The molecule has 2 aliphatic heterocycles. The van der Waals surface area contributed by atoms with Gasteiger partial charge in [0.25, 0.3) is 0 Å². The topological polar surface area (TPSA) is 67.9 Å². The summed E-state index contributed by atoms with van der Waals surface area (Å²) in [4.78, 5) is 2.03. The number of ether oxygens (including phenoxy) is 2. The molecule has 2 fully saturated rings. The van der Waals surface area contributed by atoms with Gasteiger partial charge in [-0.2, -0.15) is 0 Å². The zero-order chi connectivity index (χ0) is 18.6. The molecule has 26 heavy (non-hydrogen) atoms. The van der Waals surface area contributed by atoms with Gasteiger partial charge in [-0.15, -0.1) is 0 Å². The van der Waals surface area contributed by atoms with Gasteiger partial charge in [0.05, 0.1) is 24.7 Å². The maximum absolute atomic E-state index is 11.9. The van der Waals surface area contributed by atoms with Gasteiger partial charge >= 0.3 is 0 Å². The fraction of sp³-hybridized carbons (Fsp3) is 0.611. The smallest absolute Gasteiger partial charge is 0.169 e. The Morgan fingerprint density at radius 2 is 2.12 bits per heavy atom. The summed E-state index contributed by atoms with van der Waals surface area (Å²) >= 11 is 5.61. The molecule has 2 saturated heterocycles. The van der Waals surface area contributed by atoms with Gasteiger partial charge in [-0.05, 0) is 49.2 Å². The van der Waals surface area contributed by atoms with E-state index >= 15 is 0 Å². The van der Waals surface area contributed by atoms with Crippen LogP contribution in [-0.2, 0) is 21.1 Å². The number of hydrogen-bond acceptors (Lipinski definition) is 5. The molecule has 0 bridgehead atoms. The van der Waals surface area contributed by atoms with Crippen LogP contribution in [0.3, 0.4) is 0 Å². The number of sulfone groups is 1. The quantitative estimate of drug-likeness (QED) is 0.732. The zero-order valence-corrected chi connectivity index (χ0v) is 16.7. The Balaban J connectivity index is 1.63. The lowest BCUT2D eigenvalue weighted by atomic mass is 10.1. The highest BCUT2D eigenvalue weighted by Crippen LogP contribution is 2.22. The van der Waals surface area contributed by atoms with E-state index in [-0.39, 0.29) is 23.7 Å². The third-order valence-electron chi connectivity index (χ3n) is 4.94. The first-order valence-electron chi connectivity index (χ1n) is 8.96. The second-order valence-electron chi connectivity index (χ2n) is 6.85. The van der Waals surface area contributed by atoms with Crippen LogP contribution in [0.4, 0.5) is 0 Å². The van der Waals surface area contributed by atoms with Gasteiger partial charge in [0.2, 0.25) is 0 Å². The van der Waals surface area contributed by atoms with E-state index in [2.05, 4.69) is 5.32 Å². The second kappa shape index (κ2) is 8.54. The molecular formula is C18H26N2O4S2. The van der Waals surface area contributed by atoms with Crippen molar-refractivity contribution in [1.82, 2.24) is 10.2 Å². The normalized spacial score (nSPS) is 24.3. The maximum Gasteiger partial charge on any atom is 0.169 e. The molecule has 2 heterocycles. The Hall–Kier alpha value is -1.38. The van der Waals surface area contributed by atoms with Crippen LogP contribution in [0.2, 0.25) is 0 Å². The van der Waals surface area contributed by atoms with E-state index in [9.17, 15) is 8.42 Å². The summed E-state index contributed by atoms with van der Waals surface area (Å²) in [6.07, 6.45) is 2.79. The Kier molecular flexibility index (Phi) is 6.37. The molecule has 0 spiro atoms. The van der Waals surface area contributed by atoms with E-state index in [1.807, 2.05) is 29.2 Å². The summed E-state index contributed by atoms with van der Waals surface area (Å²) in [6.45, 7) is 2.01. The molecule has 0 aliphatic carbocycles. The number of nitrogens with zero attached hydrogens (tertiary/aromatic N) is 1. The Morgan fingerprint density at radius 3 is 2.69 bits per heavy atom. The van der Waals surface area contributed by atoms with Crippen molar-refractivity contribution in [2.24, 2.45) is 0 Å². The predicted octanol–water partition coefficient (Wildman–Crippen LogP) is 1.74. The van der Waals surface area contributed by atoms with Gasteiger partial charge in [-0.25, -0.2) is 8.42 Å². The Bertz CT molecular complexity index is 715. The highest BCUT2D eigenvalue weighted by Gasteiger charge is 2.35. The fourth-order valence-corrected chi connectivity index (χ4v) is 5.48. The standard InChI is InChI=1S/C18H26N2O4S2/c1-23-16-6-4-14(5-7-16)11-19-18(25)20(12-17-3-2-9-24-17)15-8-10-26(21,22)13-15/h4-7,15,17H,2-3,8-13H2,1H3,(H,19,25)/t15-,17-/m1/s1. The first-order chi connectivity index (χ1) is 12.5. The molecule has 8 heteroatoms. The molecule has 0 unspecified atom stereocenters. The van der Waals surface area contributed by atoms with Gasteiger partial charge in [0.15, 0.2) is 14.9 Å². The fourth-order valence-electron chi connectivity index (χ4n) is 3.45. The van der Waals surface area contributed by atoms with E-state index in [0.29, 0.717) is 24.6 Å². The molecule has 2 aliphatic rings. The van der Waals surface area contributed by atoms with E-state index in [0.717, 1.165) is 30.8 Å². The van der Waals surface area contributed by atoms with Crippen molar-refractivity contribution in [2.45, 2.75) is 38.0 Å². The number of thiocarbonyl (C=S) groups is 1.